The third-order valence-electron chi connectivity index (χ3n) is 5.87. The van der Waals surface area contributed by atoms with Gasteiger partial charge in [-0.25, -0.2) is 8.78 Å². The summed E-state index contributed by atoms with van der Waals surface area (Å²) in [7, 11) is 0. The highest BCUT2D eigenvalue weighted by molar-refractivity contribution is 6.30. The monoisotopic (exact) mass is 478 g/mol. The summed E-state index contributed by atoms with van der Waals surface area (Å²) in [5, 5.41) is 3.62. The minimum absolute atomic E-state index is 0.0583. The third-order valence-corrected chi connectivity index (χ3v) is 6.12. The molecule has 0 radical (unpaired) electrons. The summed E-state index contributed by atoms with van der Waals surface area (Å²) in [5.41, 5.74) is 3.74. The van der Waals surface area contributed by atoms with E-state index in [1.165, 1.54) is 17.7 Å². The maximum absolute atomic E-state index is 14.8. The van der Waals surface area contributed by atoms with Crippen LogP contribution < -0.4 is 5.32 Å². The maximum Gasteiger partial charge on any atom is 0.253 e. The van der Waals surface area contributed by atoms with Crippen molar-refractivity contribution in [3.8, 4) is 16.9 Å². The van der Waals surface area contributed by atoms with Gasteiger partial charge in [-0.1, -0.05) is 54.1 Å². The van der Waals surface area contributed by atoms with E-state index in [0.29, 0.717) is 22.0 Å². The number of halogens is 3. The average Bonchev–Trinajstić information content (AvgIpc) is 3.16. The second-order valence-corrected chi connectivity index (χ2v) is 8.80. The number of carbonyl (C=O) groups is 1. The Balaban J connectivity index is 1.66. The first-order chi connectivity index (χ1) is 16.3. The zero-order chi connectivity index (χ0) is 24.2. The van der Waals surface area contributed by atoms with Crippen molar-refractivity contribution in [3.63, 3.8) is 0 Å². The molecule has 1 atom stereocenters. The molecule has 0 saturated heterocycles. The van der Waals surface area contributed by atoms with Crippen molar-refractivity contribution in [1.29, 1.82) is 0 Å². The van der Waals surface area contributed by atoms with E-state index in [4.69, 9.17) is 11.6 Å². The highest BCUT2D eigenvalue weighted by atomic mass is 35.5. The molecule has 0 bridgehead atoms. The van der Waals surface area contributed by atoms with Gasteiger partial charge in [0.25, 0.3) is 5.91 Å². The predicted octanol–water partition coefficient (Wildman–Crippen LogP) is 7.14. The highest BCUT2D eigenvalue weighted by Gasteiger charge is 2.22. The van der Waals surface area contributed by atoms with Crippen LogP contribution in [-0.4, -0.2) is 16.5 Å². The average molecular weight is 479 g/mol. The van der Waals surface area contributed by atoms with Crippen LogP contribution in [0.15, 0.2) is 78.9 Å². The molecule has 3 aromatic carbocycles. The van der Waals surface area contributed by atoms with Crippen LogP contribution in [0.3, 0.4) is 0 Å². The summed E-state index contributed by atoms with van der Waals surface area (Å²) in [4.78, 5) is 13.2. The number of rotatable bonds is 7. The Morgan fingerprint density at radius 1 is 1.00 bits per heavy atom. The van der Waals surface area contributed by atoms with Crippen LogP contribution in [-0.2, 0) is 6.42 Å². The summed E-state index contributed by atoms with van der Waals surface area (Å²) < 4.78 is 30.0. The van der Waals surface area contributed by atoms with Gasteiger partial charge in [0.1, 0.15) is 11.6 Å². The van der Waals surface area contributed by atoms with E-state index < -0.39 is 11.6 Å². The van der Waals surface area contributed by atoms with Gasteiger partial charge in [-0.15, -0.1) is 0 Å². The van der Waals surface area contributed by atoms with Crippen LogP contribution in [0.25, 0.3) is 16.9 Å². The lowest BCUT2D eigenvalue weighted by Gasteiger charge is -2.15. The molecule has 0 fully saturated rings. The van der Waals surface area contributed by atoms with E-state index in [0.717, 1.165) is 24.5 Å². The normalized spacial score (nSPS) is 11.9. The molecule has 3 nitrogen and oxygen atoms in total. The minimum atomic E-state index is -0.711. The summed E-state index contributed by atoms with van der Waals surface area (Å²) in [5.74, 6) is -1.61. The van der Waals surface area contributed by atoms with Gasteiger partial charge in [0.15, 0.2) is 0 Å². The van der Waals surface area contributed by atoms with Crippen molar-refractivity contribution in [1.82, 2.24) is 9.88 Å². The second-order valence-electron chi connectivity index (χ2n) is 8.37. The molecule has 0 aliphatic heterocycles. The summed E-state index contributed by atoms with van der Waals surface area (Å²) in [6.45, 7) is 3.72. The van der Waals surface area contributed by atoms with Gasteiger partial charge in [-0.2, -0.15) is 0 Å². The van der Waals surface area contributed by atoms with Crippen LogP contribution in [0.1, 0.15) is 35.0 Å². The van der Waals surface area contributed by atoms with E-state index in [9.17, 15) is 13.6 Å². The van der Waals surface area contributed by atoms with Crippen molar-refractivity contribution >= 4 is 17.5 Å². The first kappa shape index (κ1) is 23.7. The molecule has 1 unspecified atom stereocenters. The van der Waals surface area contributed by atoms with Crippen LogP contribution in [0.2, 0.25) is 5.02 Å². The molecule has 1 N–H and O–H groups in total. The Kier molecular flexibility index (Phi) is 7.13. The molecule has 174 valence electrons. The van der Waals surface area contributed by atoms with Crippen LogP contribution >= 0.6 is 11.6 Å². The summed E-state index contributed by atoms with van der Waals surface area (Å²) >= 11 is 6.04. The minimum Gasteiger partial charge on any atom is -0.350 e. The van der Waals surface area contributed by atoms with E-state index in [1.54, 1.807) is 41.8 Å². The molecule has 6 heteroatoms. The predicted molar refractivity (Wildman–Crippen MR) is 133 cm³/mol. The van der Waals surface area contributed by atoms with Gasteiger partial charge >= 0.3 is 0 Å². The Bertz CT molecular complexity index is 1300. The Morgan fingerprint density at radius 3 is 2.38 bits per heavy atom. The number of hydrogen-bond acceptors (Lipinski definition) is 1. The molecule has 1 amide bonds. The zero-order valence-electron chi connectivity index (χ0n) is 19.0. The Labute approximate surface area is 203 Å². The van der Waals surface area contributed by atoms with E-state index >= 15 is 0 Å². The largest absolute Gasteiger partial charge is 0.350 e. The molecule has 4 aromatic rings. The molecular formula is C28H25ClF2N2O. The summed E-state index contributed by atoms with van der Waals surface area (Å²) in [6.07, 6.45) is 1.63. The van der Waals surface area contributed by atoms with E-state index in [2.05, 4.69) is 17.4 Å². The number of carbonyl (C=O) groups excluding carboxylic acids is 1. The van der Waals surface area contributed by atoms with Crippen LogP contribution in [0.5, 0.6) is 0 Å². The van der Waals surface area contributed by atoms with Crippen molar-refractivity contribution in [2.24, 2.45) is 0 Å². The second kappa shape index (κ2) is 10.2. The van der Waals surface area contributed by atoms with Crippen LogP contribution in [0.4, 0.5) is 8.78 Å². The lowest BCUT2D eigenvalue weighted by molar-refractivity contribution is 0.0938. The molecule has 0 aliphatic carbocycles. The quantitative estimate of drug-likeness (QED) is 0.301. The van der Waals surface area contributed by atoms with Gasteiger partial charge < -0.3 is 9.88 Å². The number of aromatic nitrogens is 1. The molecule has 0 aliphatic rings. The van der Waals surface area contributed by atoms with Gasteiger partial charge in [0.2, 0.25) is 0 Å². The van der Waals surface area contributed by atoms with E-state index in [-0.39, 0.29) is 17.6 Å². The molecule has 1 aromatic heterocycles. The standard InChI is InChI=1S/C28H25ClF2N2O/c1-18(8-9-20-6-4-3-5-7-20)32-28(34)24-17-27(21-10-12-22(29)13-11-21)33(19(24)2)26-15-14-23(30)16-25(26)31/h3-7,10-18H,8-9H2,1-2H3,(H,32,34). The van der Waals surface area contributed by atoms with Gasteiger partial charge in [0, 0.05) is 22.8 Å². The van der Waals surface area contributed by atoms with Gasteiger partial charge in [0.05, 0.1) is 16.9 Å². The highest BCUT2D eigenvalue weighted by Crippen LogP contribution is 2.31. The van der Waals surface area contributed by atoms with Crippen molar-refractivity contribution in [2.75, 3.05) is 0 Å². The van der Waals surface area contributed by atoms with Crippen molar-refractivity contribution < 1.29 is 13.6 Å². The number of aryl methyl sites for hydroxylation is 1. The van der Waals surface area contributed by atoms with Crippen LogP contribution in [0, 0.1) is 18.6 Å². The summed E-state index contributed by atoms with van der Waals surface area (Å²) in [6, 6.07) is 22.3. The Hall–Kier alpha value is -3.44. The Morgan fingerprint density at radius 2 is 1.71 bits per heavy atom. The molecule has 0 saturated carbocycles. The number of amides is 1. The smallest absolute Gasteiger partial charge is 0.253 e. The lowest BCUT2D eigenvalue weighted by atomic mass is 10.1. The molecular weight excluding hydrogens is 454 g/mol. The van der Waals surface area contributed by atoms with Crippen molar-refractivity contribution in [2.45, 2.75) is 32.7 Å². The fraction of sp³-hybridized carbons (Fsp3) is 0.179. The number of benzene rings is 3. The van der Waals surface area contributed by atoms with Gasteiger partial charge in [-0.3, -0.25) is 4.79 Å². The molecule has 1 heterocycles. The number of hydrogen-bond donors (Lipinski definition) is 1. The first-order valence-corrected chi connectivity index (χ1v) is 11.5. The first-order valence-electron chi connectivity index (χ1n) is 11.1. The molecule has 0 spiro atoms. The number of nitrogens with zero attached hydrogens (tertiary/aromatic N) is 1. The third kappa shape index (κ3) is 5.20. The fourth-order valence-electron chi connectivity index (χ4n) is 4.04. The molecule has 4 rings (SSSR count). The van der Waals surface area contributed by atoms with Crippen molar-refractivity contribution in [3.05, 3.63) is 112 Å². The molecule has 34 heavy (non-hydrogen) atoms. The zero-order valence-corrected chi connectivity index (χ0v) is 19.7. The topological polar surface area (TPSA) is 34.0 Å². The SMILES string of the molecule is Cc1c(C(=O)NC(C)CCc2ccccc2)cc(-c2ccc(Cl)cc2)n1-c1ccc(F)cc1F. The fourth-order valence-corrected chi connectivity index (χ4v) is 4.17. The van der Waals surface area contributed by atoms with E-state index in [1.807, 2.05) is 25.1 Å². The maximum atomic E-state index is 14.8. The van der Waals surface area contributed by atoms with Gasteiger partial charge in [-0.05, 0) is 68.1 Å². The number of nitrogens with one attached hydrogen (secondary N) is 1. The lowest BCUT2D eigenvalue weighted by Crippen LogP contribution is -2.33.